The second-order valence-electron chi connectivity index (χ2n) is 12.5. The molecule has 3 heteroatoms. The normalized spacial score (nSPS) is 40.5. The summed E-state index contributed by atoms with van der Waals surface area (Å²) in [6.45, 7) is 7.12. The maximum Gasteiger partial charge on any atom is 0.0974 e. The molecule has 2 spiro atoms. The number of pyridine rings is 1. The molecule has 0 radical (unpaired) electrons. The minimum absolute atomic E-state index is 0.0207. The first kappa shape index (κ1) is 21.3. The summed E-state index contributed by atoms with van der Waals surface area (Å²) < 4.78 is 7.44. The van der Waals surface area contributed by atoms with Gasteiger partial charge in [-0.3, -0.25) is 4.98 Å². The van der Waals surface area contributed by atoms with Crippen LogP contribution in [0, 0.1) is 11.3 Å². The van der Waals surface area contributed by atoms with Crippen LogP contribution in [-0.4, -0.2) is 28.3 Å². The van der Waals surface area contributed by atoms with E-state index < -0.39 is 0 Å². The Balaban J connectivity index is 1.25. The number of nitrogens with one attached hydrogen (secondary N) is 1. The molecular weight excluding hydrogens is 416 g/mol. The van der Waals surface area contributed by atoms with E-state index in [1.165, 1.54) is 66.9 Å². The molecule has 3 nitrogen and oxygen atoms in total. The molecule has 178 valence electrons. The molecule has 34 heavy (non-hydrogen) atoms. The Morgan fingerprint density at radius 1 is 1.09 bits per heavy atom. The number of fused-ring (bicyclic) bond motifs is 2. The molecule has 0 amide bonds. The fourth-order valence-electron chi connectivity index (χ4n) is 8.89. The highest BCUT2D eigenvalue weighted by Gasteiger charge is 2.66. The zero-order chi connectivity index (χ0) is 23.1. The van der Waals surface area contributed by atoms with Crippen molar-refractivity contribution in [2.45, 2.75) is 101 Å². The molecule has 1 saturated heterocycles. The first-order valence-electron chi connectivity index (χ1n) is 13.6. The number of hydrogen-bond donors (Lipinski definition) is 1. The molecule has 1 unspecified atom stereocenters. The lowest BCUT2D eigenvalue weighted by Gasteiger charge is -2.54. The van der Waals surface area contributed by atoms with Crippen molar-refractivity contribution < 1.29 is 4.74 Å². The summed E-state index contributed by atoms with van der Waals surface area (Å²) in [6, 6.07) is 10.3. The molecule has 1 aromatic heterocycles. The second kappa shape index (κ2) is 7.27. The molecule has 2 aliphatic heterocycles. The number of ether oxygens (including phenoxy) is 1. The summed E-state index contributed by atoms with van der Waals surface area (Å²) in [6.07, 6.45) is 18.8. The van der Waals surface area contributed by atoms with Gasteiger partial charge in [-0.25, -0.2) is 0 Å². The van der Waals surface area contributed by atoms with Crippen LogP contribution in [0.2, 0.25) is 0 Å². The lowest BCUT2D eigenvalue weighted by Crippen LogP contribution is -2.55. The molecule has 7 rings (SSSR count). The molecule has 6 atom stereocenters. The monoisotopic (exact) mass is 454 g/mol. The first-order valence-corrected chi connectivity index (χ1v) is 13.6. The van der Waals surface area contributed by atoms with Crippen molar-refractivity contribution in [1.82, 2.24) is 10.3 Å². The Labute approximate surface area is 204 Å². The summed E-state index contributed by atoms with van der Waals surface area (Å²) in [4.78, 5) is 4.38. The van der Waals surface area contributed by atoms with Gasteiger partial charge in [0.25, 0.3) is 0 Å². The number of nitrogens with zero attached hydrogens (tertiary/aromatic N) is 1. The van der Waals surface area contributed by atoms with Gasteiger partial charge in [-0.15, -0.1) is 0 Å². The van der Waals surface area contributed by atoms with Crippen LogP contribution in [-0.2, 0) is 4.74 Å². The molecule has 1 N–H and O–H groups in total. The van der Waals surface area contributed by atoms with Gasteiger partial charge in [-0.2, -0.15) is 0 Å². The summed E-state index contributed by atoms with van der Waals surface area (Å²) in [5.41, 5.74) is 4.78. The van der Waals surface area contributed by atoms with Crippen LogP contribution in [0.5, 0.6) is 0 Å². The summed E-state index contributed by atoms with van der Waals surface area (Å²) in [5, 5.41) is 6.39. The second-order valence-corrected chi connectivity index (χ2v) is 12.5. The predicted octanol–water partition coefficient (Wildman–Crippen LogP) is 6.84. The van der Waals surface area contributed by atoms with Gasteiger partial charge < -0.3 is 10.1 Å². The zero-order valence-corrected chi connectivity index (χ0v) is 20.9. The van der Waals surface area contributed by atoms with Crippen molar-refractivity contribution in [2.24, 2.45) is 11.3 Å². The van der Waals surface area contributed by atoms with Gasteiger partial charge in [0.05, 0.1) is 11.2 Å². The molecule has 2 aromatic rings. The van der Waals surface area contributed by atoms with Gasteiger partial charge >= 0.3 is 0 Å². The molecule has 3 fully saturated rings. The average Bonchev–Trinajstić information content (AvgIpc) is 3.33. The molecule has 1 aromatic carbocycles. The fraction of sp³-hybridized carbons (Fsp3) is 0.581. The zero-order valence-electron chi connectivity index (χ0n) is 20.9. The van der Waals surface area contributed by atoms with Gasteiger partial charge in [0.1, 0.15) is 0 Å². The van der Waals surface area contributed by atoms with Crippen molar-refractivity contribution in [3.63, 3.8) is 0 Å². The third-order valence-electron chi connectivity index (χ3n) is 10.3. The van der Waals surface area contributed by atoms with E-state index in [1.807, 2.05) is 12.4 Å². The highest BCUT2D eigenvalue weighted by atomic mass is 16.5. The lowest BCUT2D eigenvalue weighted by atomic mass is 9.58. The van der Waals surface area contributed by atoms with Gasteiger partial charge in [0.15, 0.2) is 0 Å². The minimum Gasteiger partial charge on any atom is -0.359 e. The van der Waals surface area contributed by atoms with E-state index >= 15 is 0 Å². The molecule has 3 heterocycles. The predicted molar refractivity (Wildman–Crippen MR) is 138 cm³/mol. The summed E-state index contributed by atoms with van der Waals surface area (Å²) in [7, 11) is 0. The molecule has 5 aliphatic rings. The molecule has 2 bridgehead atoms. The van der Waals surface area contributed by atoms with Crippen molar-refractivity contribution in [3.05, 3.63) is 65.5 Å². The van der Waals surface area contributed by atoms with E-state index in [0.717, 1.165) is 6.42 Å². The summed E-state index contributed by atoms with van der Waals surface area (Å²) >= 11 is 0. The molecular formula is C31H38N2O. The van der Waals surface area contributed by atoms with Crippen LogP contribution < -0.4 is 5.32 Å². The Morgan fingerprint density at radius 2 is 2.00 bits per heavy atom. The van der Waals surface area contributed by atoms with Gasteiger partial charge in [0.2, 0.25) is 0 Å². The van der Waals surface area contributed by atoms with Crippen molar-refractivity contribution >= 4 is 10.8 Å². The third kappa shape index (κ3) is 2.86. The minimum atomic E-state index is -0.0661. The highest BCUT2D eigenvalue weighted by Crippen LogP contribution is 2.69. The number of hydrogen-bond acceptors (Lipinski definition) is 3. The first-order chi connectivity index (χ1) is 16.4. The fourth-order valence-corrected chi connectivity index (χ4v) is 8.89. The SMILES string of the molecule is CC(C)N[C@H]1CCC2=CC3=CC[C@]4(C)C(c5ccc6ccncc6c5)CC[C@H]4[C@@]34CC[C@]2(C1)O4. The Bertz CT molecular complexity index is 1210. The summed E-state index contributed by atoms with van der Waals surface area (Å²) in [5.74, 6) is 1.19. The third-order valence-corrected chi connectivity index (χ3v) is 10.3. The van der Waals surface area contributed by atoms with E-state index in [9.17, 15) is 0 Å². The number of benzene rings is 1. The Hall–Kier alpha value is -1.97. The largest absolute Gasteiger partial charge is 0.359 e. The quantitative estimate of drug-likeness (QED) is 0.551. The maximum atomic E-state index is 7.44. The van der Waals surface area contributed by atoms with E-state index in [4.69, 9.17) is 4.74 Å². The van der Waals surface area contributed by atoms with E-state index in [2.05, 4.69) is 67.5 Å². The average molecular weight is 455 g/mol. The smallest absolute Gasteiger partial charge is 0.0974 e. The Kier molecular flexibility index (Phi) is 4.56. The molecule has 2 saturated carbocycles. The van der Waals surface area contributed by atoms with E-state index in [-0.39, 0.29) is 16.6 Å². The standard InChI is InChI=1S/C31H38N2O/c1-20(2)33-26-7-6-24-17-25-10-12-29(3)27(22-5-4-21-11-15-32-19-23(21)16-22)8-9-28(29)31(25)14-13-30(24,18-26)34-31/h4-5,10-11,15-17,19-20,26-28,33H,6-9,12-14,18H2,1-3H3/t26-,27?,28+,29+,30+,31+/m0/s1. The van der Waals surface area contributed by atoms with Gasteiger partial charge in [-0.1, -0.05) is 45.1 Å². The van der Waals surface area contributed by atoms with Crippen LogP contribution in [0.3, 0.4) is 0 Å². The van der Waals surface area contributed by atoms with Gasteiger partial charge in [0, 0.05) is 29.9 Å². The van der Waals surface area contributed by atoms with Crippen LogP contribution in [0.4, 0.5) is 0 Å². The van der Waals surface area contributed by atoms with E-state index in [1.54, 1.807) is 5.57 Å². The van der Waals surface area contributed by atoms with Crippen LogP contribution in [0.15, 0.2) is 60.0 Å². The van der Waals surface area contributed by atoms with Crippen LogP contribution in [0.25, 0.3) is 10.8 Å². The van der Waals surface area contributed by atoms with Crippen LogP contribution in [0.1, 0.15) is 83.6 Å². The Morgan fingerprint density at radius 3 is 2.88 bits per heavy atom. The van der Waals surface area contributed by atoms with Crippen molar-refractivity contribution in [3.8, 4) is 0 Å². The van der Waals surface area contributed by atoms with Crippen molar-refractivity contribution in [1.29, 1.82) is 0 Å². The maximum absolute atomic E-state index is 7.44. The highest BCUT2D eigenvalue weighted by molar-refractivity contribution is 5.82. The number of rotatable bonds is 3. The number of allylic oxidation sites excluding steroid dienone is 1. The van der Waals surface area contributed by atoms with Crippen molar-refractivity contribution in [2.75, 3.05) is 0 Å². The topological polar surface area (TPSA) is 34.2 Å². The molecule has 3 aliphatic carbocycles. The van der Waals surface area contributed by atoms with Crippen LogP contribution >= 0.6 is 0 Å². The van der Waals surface area contributed by atoms with E-state index in [0.29, 0.717) is 23.9 Å². The number of aromatic nitrogens is 1. The lowest BCUT2D eigenvalue weighted by molar-refractivity contribution is -0.136. The van der Waals surface area contributed by atoms with Gasteiger partial charge in [-0.05, 0) is 103 Å².